The van der Waals surface area contributed by atoms with Crippen LogP contribution in [-0.4, -0.2) is 57.0 Å². The number of carbonyl (C=O) groups is 1. The summed E-state index contributed by atoms with van der Waals surface area (Å²) >= 11 is 1.25. The summed E-state index contributed by atoms with van der Waals surface area (Å²) in [5, 5.41) is 8.32. The van der Waals surface area contributed by atoms with Gasteiger partial charge in [-0.05, 0) is 26.0 Å². The van der Waals surface area contributed by atoms with E-state index in [2.05, 4.69) is 15.2 Å². The van der Waals surface area contributed by atoms with Crippen molar-refractivity contribution in [3.63, 3.8) is 0 Å². The normalized spacial score (nSPS) is 21.4. The van der Waals surface area contributed by atoms with Crippen molar-refractivity contribution in [2.45, 2.75) is 31.3 Å². The molecule has 2 atom stereocenters. The Hall–Kier alpha value is -1.93. The third-order valence-corrected chi connectivity index (χ3v) is 4.21. The molecular formula is C15H18N4O3S. The fourth-order valence-electron chi connectivity index (χ4n) is 2.47. The van der Waals surface area contributed by atoms with Crippen LogP contribution in [0.25, 0.3) is 11.5 Å². The van der Waals surface area contributed by atoms with Crippen molar-refractivity contribution in [3.8, 4) is 11.5 Å². The molecule has 0 saturated carbocycles. The maximum Gasteiger partial charge on any atom is 0.277 e. The smallest absolute Gasteiger partial charge is 0.277 e. The SMILES string of the molecule is C[C@@H]1CN(C(=O)CSc2nnc(-c3cccnc3)o2)C[C@@H](C)O1. The first-order valence-corrected chi connectivity index (χ1v) is 8.40. The number of thioether (sulfide) groups is 1. The number of hydrogen-bond donors (Lipinski definition) is 0. The highest BCUT2D eigenvalue weighted by Gasteiger charge is 2.26. The third-order valence-electron chi connectivity index (χ3n) is 3.41. The van der Waals surface area contributed by atoms with Gasteiger partial charge in [-0.25, -0.2) is 0 Å². The van der Waals surface area contributed by atoms with Crippen LogP contribution in [0.2, 0.25) is 0 Å². The molecule has 0 spiro atoms. The summed E-state index contributed by atoms with van der Waals surface area (Å²) in [4.78, 5) is 18.1. The molecule has 122 valence electrons. The number of carbonyl (C=O) groups excluding carboxylic acids is 1. The van der Waals surface area contributed by atoms with Gasteiger partial charge in [-0.3, -0.25) is 9.78 Å². The highest BCUT2D eigenvalue weighted by atomic mass is 32.2. The molecule has 1 aliphatic heterocycles. The van der Waals surface area contributed by atoms with Crippen molar-refractivity contribution in [3.05, 3.63) is 24.5 Å². The molecule has 2 aromatic rings. The molecule has 1 saturated heterocycles. The van der Waals surface area contributed by atoms with Crippen LogP contribution in [0, 0.1) is 0 Å². The van der Waals surface area contributed by atoms with Gasteiger partial charge in [0.25, 0.3) is 5.22 Å². The monoisotopic (exact) mass is 334 g/mol. The minimum Gasteiger partial charge on any atom is -0.411 e. The van der Waals surface area contributed by atoms with Gasteiger partial charge in [-0.15, -0.1) is 10.2 Å². The molecule has 0 radical (unpaired) electrons. The summed E-state index contributed by atoms with van der Waals surface area (Å²) in [6, 6.07) is 3.65. The summed E-state index contributed by atoms with van der Waals surface area (Å²) in [6.07, 6.45) is 3.46. The molecule has 8 heteroatoms. The summed E-state index contributed by atoms with van der Waals surface area (Å²) in [5.41, 5.74) is 0.758. The average molecular weight is 334 g/mol. The molecule has 0 N–H and O–H groups in total. The lowest BCUT2D eigenvalue weighted by atomic mass is 10.2. The highest BCUT2D eigenvalue weighted by Crippen LogP contribution is 2.23. The van der Waals surface area contributed by atoms with Gasteiger partial charge < -0.3 is 14.1 Å². The number of hydrogen-bond acceptors (Lipinski definition) is 7. The van der Waals surface area contributed by atoms with Gasteiger partial charge >= 0.3 is 0 Å². The second-order valence-electron chi connectivity index (χ2n) is 5.46. The van der Waals surface area contributed by atoms with Crippen LogP contribution in [0.3, 0.4) is 0 Å². The quantitative estimate of drug-likeness (QED) is 0.789. The molecule has 3 rings (SSSR count). The number of aromatic nitrogens is 3. The largest absolute Gasteiger partial charge is 0.411 e. The topological polar surface area (TPSA) is 81.4 Å². The van der Waals surface area contributed by atoms with Crippen LogP contribution in [-0.2, 0) is 9.53 Å². The Morgan fingerprint density at radius 2 is 2.13 bits per heavy atom. The van der Waals surface area contributed by atoms with Crippen LogP contribution in [0.5, 0.6) is 0 Å². The van der Waals surface area contributed by atoms with E-state index >= 15 is 0 Å². The second kappa shape index (κ2) is 7.10. The van der Waals surface area contributed by atoms with Crippen LogP contribution < -0.4 is 0 Å². The van der Waals surface area contributed by atoms with E-state index in [0.29, 0.717) is 24.2 Å². The van der Waals surface area contributed by atoms with Gasteiger partial charge in [-0.1, -0.05) is 11.8 Å². The summed E-state index contributed by atoms with van der Waals surface area (Å²) in [7, 11) is 0. The fraction of sp³-hybridized carbons (Fsp3) is 0.467. The van der Waals surface area contributed by atoms with Gasteiger partial charge in [-0.2, -0.15) is 0 Å². The standard InChI is InChI=1S/C15H18N4O3S/c1-10-7-19(8-11(2)21-10)13(20)9-23-15-18-17-14(22-15)12-4-3-5-16-6-12/h3-6,10-11H,7-9H2,1-2H3/t10-,11-/m1/s1. The van der Waals surface area contributed by atoms with Gasteiger partial charge in [0.1, 0.15) is 0 Å². The number of nitrogens with zero attached hydrogens (tertiary/aromatic N) is 4. The molecule has 3 heterocycles. The fourth-order valence-corrected chi connectivity index (χ4v) is 3.14. The maximum absolute atomic E-state index is 12.3. The van der Waals surface area contributed by atoms with E-state index in [1.807, 2.05) is 24.8 Å². The van der Waals surface area contributed by atoms with Gasteiger partial charge in [0.15, 0.2) is 0 Å². The van der Waals surface area contributed by atoms with Crippen molar-refractivity contribution < 1.29 is 13.9 Å². The second-order valence-corrected chi connectivity index (χ2v) is 6.39. The van der Waals surface area contributed by atoms with E-state index < -0.39 is 0 Å². The minimum atomic E-state index is 0.0538. The Kier molecular flexibility index (Phi) is 4.92. The van der Waals surface area contributed by atoms with E-state index in [1.54, 1.807) is 18.5 Å². The minimum absolute atomic E-state index is 0.0538. The van der Waals surface area contributed by atoms with E-state index in [9.17, 15) is 4.79 Å². The molecule has 1 aliphatic rings. The average Bonchev–Trinajstić information content (AvgIpc) is 3.01. The molecule has 7 nitrogen and oxygen atoms in total. The number of amides is 1. The van der Waals surface area contributed by atoms with Gasteiger partial charge in [0.2, 0.25) is 11.8 Å². The Morgan fingerprint density at radius 1 is 1.35 bits per heavy atom. The number of rotatable bonds is 4. The number of ether oxygens (including phenoxy) is 1. The molecule has 0 aliphatic carbocycles. The lowest BCUT2D eigenvalue weighted by Gasteiger charge is -2.35. The lowest BCUT2D eigenvalue weighted by molar-refractivity contribution is -0.140. The van der Waals surface area contributed by atoms with E-state index in [1.165, 1.54) is 11.8 Å². The Morgan fingerprint density at radius 3 is 2.83 bits per heavy atom. The molecule has 23 heavy (non-hydrogen) atoms. The van der Waals surface area contributed by atoms with Crippen molar-refractivity contribution in [2.75, 3.05) is 18.8 Å². The Balaban J connectivity index is 1.56. The van der Waals surface area contributed by atoms with Crippen molar-refractivity contribution >= 4 is 17.7 Å². The zero-order valence-electron chi connectivity index (χ0n) is 13.0. The first-order chi connectivity index (χ1) is 11.1. The molecular weight excluding hydrogens is 316 g/mol. The summed E-state index contributed by atoms with van der Waals surface area (Å²) in [5.74, 6) is 0.730. The Labute approximate surface area is 138 Å². The third kappa shape index (κ3) is 4.08. The zero-order valence-corrected chi connectivity index (χ0v) is 13.8. The van der Waals surface area contributed by atoms with Crippen molar-refractivity contribution in [1.29, 1.82) is 0 Å². The van der Waals surface area contributed by atoms with Crippen molar-refractivity contribution in [1.82, 2.24) is 20.1 Å². The summed E-state index contributed by atoms with van der Waals surface area (Å²) in [6.45, 7) is 5.19. The molecule has 1 amide bonds. The van der Waals surface area contributed by atoms with Crippen molar-refractivity contribution in [2.24, 2.45) is 0 Å². The molecule has 0 aromatic carbocycles. The number of morpholine rings is 1. The van der Waals surface area contributed by atoms with Crippen LogP contribution in [0.1, 0.15) is 13.8 Å². The Bertz CT molecular complexity index is 654. The van der Waals surface area contributed by atoms with E-state index in [4.69, 9.17) is 9.15 Å². The van der Waals surface area contributed by atoms with Gasteiger partial charge in [0, 0.05) is 25.5 Å². The predicted molar refractivity (Wildman–Crippen MR) is 84.8 cm³/mol. The predicted octanol–water partition coefficient (Wildman–Crippen LogP) is 1.86. The maximum atomic E-state index is 12.3. The molecule has 1 fully saturated rings. The number of pyridine rings is 1. The van der Waals surface area contributed by atoms with E-state index in [0.717, 1.165) is 5.56 Å². The summed E-state index contributed by atoms with van der Waals surface area (Å²) < 4.78 is 11.2. The van der Waals surface area contributed by atoms with E-state index in [-0.39, 0.29) is 23.9 Å². The van der Waals surface area contributed by atoms with Gasteiger partial charge in [0.05, 0.1) is 23.5 Å². The van der Waals surface area contributed by atoms with Crippen LogP contribution >= 0.6 is 11.8 Å². The first-order valence-electron chi connectivity index (χ1n) is 7.42. The molecule has 0 bridgehead atoms. The highest BCUT2D eigenvalue weighted by molar-refractivity contribution is 7.99. The van der Waals surface area contributed by atoms with Crippen LogP contribution in [0.4, 0.5) is 0 Å². The molecule has 0 unspecified atom stereocenters. The lowest BCUT2D eigenvalue weighted by Crippen LogP contribution is -2.48. The zero-order chi connectivity index (χ0) is 16.2. The first kappa shape index (κ1) is 15.9. The van der Waals surface area contributed by atoms with Crippen LogP contribution in [0.15, 0.2) is 34.2 Å². The molecule has 2 aromatic heterocycles.